The van der Waals surface area contributed by atoms with E-state index in [2.05, 4.69) is 5.32 Å². The highest BCUT2D eigenvalue weighted by molar-refractivity contribution is 7.93. The molecule has 1 aliphatic rings. The summed E-state index contributed by atoms with van der Waals surface area (Å²) in [5.41, 5.74) is 0.991. The summed E-state index contributed by atoms with van der Waals surface area (Å²) in [7, 11) is -7.71. The largest absolute Gasteiger partial charge is 0.390 e. The van der Waals surface area contributed by atoms with E-state index < -0.39 is 43.5 Å². The molecule has 1 fully saturated rings. The molecule has 1 amide bonds. The van der Waals surface area contributed by atoms with E-state index in [0.29, 0.717) is 5.56 Å². The molecule has 0 saturated carbocycles. The fraction of sp³-hybridized carbons (Fsp3) is 0.316. The number of para-hydroxylation sites is 1. The van der Waals surface area contributed by atoms with Gasteiger partial charge in [0.25, 0.3) is 10.0 Å². The molecule has 0 spiro atoms. The van der Waals surface area contributed by atoms with Gasteiger partial charge in [-0.2, -0.15) is 0 Å². The lowest BCUT2D eigenvalue weighted by Crippen LogP contribution is -2.47. The fourth-order valence-electron chi connectivity index (χ4n) is 3.24. The molecule has 0 radical (unpaired) electrons. The van der Waals surface area contributed by atoms with E-state index in [1.807, 2.05) is 0 Å². The van der Waals surface area contributed by atoms with Gasteiger partial charge >= 0.3 is 0 Å². The zero-order valence-corrected chi connectivity index (χ0v) is 17.4. The van der Waals surface area contributed by atoms with E-state index in [4.69, 9.17) is 0 Å². The van der Waals surface area contributed by atoms with Crippen molar-refractivity contribution in [3.63, 3.8) is 0 Å². The van der Waals surface area contributed by atoms with Crippen LogP contribution in [0, 0.1) is 0 Å². The van der Waals surface area contributed by atoms with Crippen LogP contribution >= 0.6 is 0 Å². The van der Waals surface area contributed by atoms with Gasteiger partial charge in [0.05, 0.1) is 34.2 Å². The minimum Gasteiger partial charge on any atom is -0.390 e. The average molecular weight is 439 g/mol. The molecule has 2 atom stereocenters. The summed E-state index contributed by atoms with van der Waals surface area (Å²) in [6.07, 6.45) is -1.32. The highest BCUT2D eigenvalue weighted by atomic mass is 32.2. The molecule has 29 heavy (non-hydrogen) atoms. The number of hydrogen-bond donors (Lipinski definition) is 2. The van der Waals surface area contributed by atoms with Gasteiger partial charge in [-0.3, -0.25) is 9.10 Å². The van der Waals surface area contributed by atoms with Crippen molar-refractivity contribution in [2.24, 2.45) is 0 Å². The molecule has 8 nitrogen and oxygen atoms in total. The number of nitrogens with zero attached hydrogens (tertiary/aromatic N) is 1. The third-order valence-electron chi connectivity index (χ3n) is 4.63. The first kappa shape index (κ1) is 21.3. The van der Waals surface area contributed by atoms with Gasteiger partial charge < -0.3 is 10.4 Å². The Labute approximate surface area is 170 Å². The van der Waals surface area contributed by atoms with Crippen molar-refractivity contribution in [1.82, 2.24) is 5.32 Å². The highest BCUT2D eigenvalue weighted by Crippen LogP contribution is 2.31. The van der Waals surface area contributed by atoms with Crippen LogP contribution in [0.15, 0.2) is 59.5 Å². The zero-order valence-electron chi connectivity index (χ0n) is 15.7. The molecule has 0 unspecified atom stereocenters. The van der Waals surface area contributed by atoms with Gasteiger partial charge in [0.15, 0.2) is 9.84 Å². The monoisotopic (exact) mass is 438 g/mol. The summed E-state index contributed by atoms with van der Waals surface area (Å²) in [6, 6.07) is 13.0. The molecule has 0 aromatic heterocycles. The van der Waals surface area contributed by atoms with Gasteiger partial charge in [-0.1, -0.05) is 30.3 Å². The number of sulfone groups is 1. The predicted molar refractivity (Wildman–Crippen MR) is 109 cm³/mol. The van der Waals surface area contributed by atoms with Gasteiger partial charge in [-0.25, -0.2) is 16.8 Å². The second kappa shape index (κ2) is 8.13. The second-order valence-corrected chi connectivity index (χ2v) is 10.9. The lowest BCUT2D eigenvalue weighted by Gasteiger charge is -2.31. The number of aliphatic hydroxyl groups is 1. The zero-order chi connectivity index (χ0) is 21.2. The Bertz CT molecular complexity index is 1080. The summed E-state index contributed by atoms with van der Waals surface area (Å²) in [5.74, 6) is -1.14. The minimum atomic E-state index is -4.15. The van der Waals surface area contributed by atoms with E-state index in [-0.39, 0.29) is 23.0 Å². The van der Waals surface area contributed by atoms with E-state index >= 15 is 0 Å². The molecule has 1 aliphatic heterocycles. The van der Waals surface area contributed by atoms with Crippen LogP contribution in [0.1, 0.15) is 12.5 Å². The molecular formula is C19H22N2O6S2. The number of benzene rings is 2. The quantitative estimate of drug-likeness (QED) is 0.684. The van der Waals surface area contributed by atoms with Crippen LogP contribution < -0.4 is 9.62 Å². The van der Waals surface area contributed by atoms with Crippen LogP contribution in [0.5, 0.6) is 0 Å². The highest BCUT2D eigenvalue weighted by Gasteiger charge is 2.44. The normalized spacial score (nSPS) is 20.9. The predicted octanol–water partition coefficient (Wildman–Crippen LogP) is 0.676. The first-order valence-electron chi connectivity index (χ1n) is 8.91. The van der Waals surface area contributed by atoms with Crippen molar-refractivity contribution in [3.8, 4) is 0 Å². The standard InChI is InChI=1S/C19H22N2O6S2/c1-14(22)20-11-15-7-9-17(10-8-15)29(26,27)21(16-5-3-2-4-6-16)18-12-28(24,25)13-19(18)23/h2-10,18-19,23H,11-13H2,1H3,(H,20,22)/t18-,19-/m0/s1. The minimum absolute atomic E-state index is 0.0376. The average Bonchev–Trinajstić information content (AvgIpc) is 2.93. The van der Waals surface area contributed by atoms with Crippen molar-refractivity contribution >= 4 is 31.5 Å². The molecule has 0 aliphatic carbocycles. The van der Waals surface area contributed by atoms with Crippen LogP contribution in [0.2, 0.25) is 0 Å². The van der Waals surface area contributed by atoms with Gasteiger partial charge in [0.1, 0.15) is 0 Å². The maximum absolute atomic E-state index is 13.4. The van der Waals surface area contributed by atoms with E-state index in [1.165, 1.54) is 19.1 Å². The molecule has 2 aromatic rings. The van der Waals surface area contributed by atoms with Gasteiger partial charge in [-0.05, 0) is 29.8 Å². The molecule has 1 heterocycles. The number of amides is 1. The van der Waals surface area contributed by atoms with Crippen molar-refractivity contribution in [3.05, 3.63) is 60.2 Å². The first-order chi connectivity index (χ1) is 13.6. The summed E-state index contributed by atoms with van der Waals surface area (Å²) < 4.78 is 51.8. The number of carbonyl (C=O) groups excluding carboxylic acids is 1. The number of hydrogen-bond acceptors (Lipinski definition) is 6. The molecule has 10 heteroatoms. The summed E-state index contributed by atoms with van der Waals surface area (Å²) in [6.45, 7) is 1.65. The molecule has 2 aromatic carbocycles. The lowest BCUT2D eigenvalue weighted by atomic mass is 10.2. The Kier molecular flexibility index (Phi) is 5.97. The number of aliphatic hydroxyl groups excluding tert-OH is 1. The first-order valence-corrected chi connectivity index (χ1v) is 12.2. The van der Waals surface area contributed by atoms with Crippen molar-refractivity contribution in [2.75, 3.05) is 15.8 Å². The number of carbonyl (C=O) groups is 1. The molecular weight excluding hydrogens is 416 g/mol. The summed E-state index contributed by atoms with van der Waals surface area (Å²) >= 11 is 0. The number of rotatable bonds is 6. The van der Waals surface area contributed by atoms with Crippen LogP contribution in [-0.2, 0) is 31.2 Å². The third-order valence-corrected chi connectivity index (χ3v) is 8.19. The van der Waals surface area contributed by atoms with Gasteiger partial charge in [0, 0.05) is 13.5 Å². The topological polar surface area (TPSA) is 121 Å². The third kappa shape index (κ3) is 4.77. The Balaban J connectivity index is 2.00. The Morgan fingerprint density at radius 2 is 1.72 bits per heavy atom. The van der Waals surface area contributed by atoms with Crippen LogP contribution in [0.4, 0.5) is 5.69 Å². The smallest absolute Gasteiger partial charge is 0.264 e. The molecule has 0 bridgehead atoms. The number of anilines is 1. The van der Waals surface area contributed by atoms with Crippen LogP contribution in [-0.4, -0.2) is 51.5 Å². The van der Waals surface area contributed by atoms with Crippen LogP contribution in [0.3, 0.4) is 0 Å². The lowest BCUT2D eigenvalue weighted by molar-refractivity contribution is -0.119. The van der Waals surface area contributed by atoms with E-state index in [0.717, 1.165) is 4.31 Å². The van der Waals surface area contributed by atoms with Gasteiger partial charge in [-0.15, -0.1) is 0 Å². The summed E-state index contributed by atoms with van der Waals surface area (Å²) in [5, 5.41) is 12.9. The number of sulfonamides is 1. The summed E-state index contributed by atoms with van der Waals surface area (Å²) in [4.78, 5) is 11.0. The van der Waals surface area contributed by atoms with Gasteiger partial charge in [0.2, 0.25) is 5.91 Å². The maximum atomic E-state index is 13.4. The van der Waals surface area contributed by atoms with E-state index in [1.54, 1.807) is 42.5 Å². The number of nitrogens with one attached hydrogen (secondary N) is 1. The SMILES string of the molecule is CC(=O)NCc1ccc(S(=O)(=O)N(c2ccccc2)[C@H]2CS(=O)(=O)C[C@@H]2O)cc1. The van der Waals surface area contributed by atoms with Crippen molar-refractivity contribution in [1.29, 1.82) is 0 Å². The molecule has 2 N–H and O–H groups in total. The second-order valence-electron chi connectivity index (χ2n) is 6.90. The Hall–Kier alpha value is -2.43. The molecule has 3 rings (SSSR count). The van der Waals surface area contributed by atoms with Crippen molar-refractivity contribution < 1.29 is 26.7 Å². The fourth-order valence-corrected chi connectivity index (χ4v) is 6.78. The maximum Gasteiger partial charge on any atom is 0.264 e. The van der Waals surface area contributed by atoms with E-state index in [9.17, 15) is 26.7 Å². The van der Waals surface area contributed by atoms with Crippen LogP contribution in [0.25, 0.3) is 0 Å². The Morgan fingerprint density at radius 1 is 1.10 bits per heavy atom. The van der Waals surface area contributed by atoms with Crippen molar-refractivity contribution in [2.45, 2.75) is 30.5 Å². The molecule has 156 valence electrons. The Morgan fingerprint density at radius 3 is 2.24 bits per heavy atom. The molecule has 1 saturated heterocycles.